The number of nitrogens with zero attached hydrogens (tertiary/aromatic N) is 4. The average molecular weight is 323 g/mol. The summed E-state index contributed by atoms with van der Waals surface area (Å²) >= 11 is 0. The molecule has 1 aliphatic rings. The maximum absolute atomic E-state index is 4.85. The Bertz CT molecular complexity index is 723. The lowest BCUT2D eigenvalue weighted by molar-refractivity contribution is 0.881. The molecule has 1 aliphatic heterocycles. The lowest BCUT2D eigenvalue weighted by Crippen LogP contribution is -2.40. The summed E-state index contributed by atoms with van der Waals surface area (Å²) in [5.41, 5.74) is 3.82. The number of rotatable bonds is 4. The fourth-order valence-corrected chi connectivity index (χ4v) is 2.92. The summed E-state index contributed by atoms with van der Waals surface area (Å²) < 4.78 is 0. The number of pyridine rings is 1. The topological polar surface area (TPSA) is 43.8 Å². The molecule has 3 rings (SSSR count). The molecule has 1 aromatic heterocycles. The van der Waals surface area contributed by atoms with E-state index in [0.29, 0.717) is 6.54 Å². The van der Waals surface area contributed by atoms with Gasteiger partial charge in [0.05, 0.1) is 6.54 Å². The van der Waals surface area contributed by atoms with Gasteiger partial charge in [-0.15, -0.1) is 0 Å². The molecular formula is C19H25N5. The van der Waals surface area contributed by atoms with Crippen LogP contribution in [0.25, 0.3) is 0 Å². The van der Waals surface area contributed by atoms with Crippen LogP contribution in [0.2, 0.25) is 0 Å². The first-order valence-electron chi connectivity index (χ1n) is 8.45. The van der Waals surface area contributed by atoms with Crippen molar-refractivity contribution in [3.63, 3.8) is 0 Å². The van der Waals surface area contributed by atoms with Crippen LogP contribution in [0.5, 0.6) is 0 Å². The van der Waals surface area contributed by atoms with Crippen molar-refractivity contribution in [3.05, 3.63) is 53.7 Å². The molecule has 0 amide bonds. The predicted molar refractivity (Wildman–Crippen MR) is 101 cm³/mol. The van der Waals surface area contributed by atoms with Crippen molar-refractivity contribution in [3.8, 4) is 0 Å². The molecule has 126 valence electrons. The van der Waals surface area contributed by atoms with Crippen LogP contribution in [-0.2, 0) is 13.0 Å². The van der Waals surface area contributed by atoms with Crippen molar-refractivity contribution in [2.24, 2.45) is 4.99 Å². The standard InChI is InChI=1S/C19H25N5/c1-4-20-19(24-12-10-16-7-5-6-8-17(16)24)22-14-15-9-11-21-18(13-15)23(2)3/h5-9,11,13H,4,10,12,14H2,1-3H3,(H,20,22). The monoisotopic (exact) mass is 323 g/mol. The zero-order valence-corrected chi connectivity index (χ0v) is 14.7. The number of para-hydroxylation sites is 1. The van der Waals surface area contributed by atoms with Crippen LogP contribution < -0.4 is 15.1 Å². The number of aliphatic imine (C=N–C) groups is 1. The van der Waals surface area contributed by atoms with Crippen molar-refractivity contribution in [1.29, 1.82) is 0 Å². The van der Waals surface area contributed by atoms with Crippen molar-refractivity contribution >= 4 is 17.5 Å². The van der Waals surface area contributed by atoms with Gasteiger partial charge < -0.3 is 15.1 Å². The number of benzene rings is 1. The van der Waals surface area contributed by atoms with Crippen LogP contribution in [0.4, 0.5) is 11.5 Å². The zero-order chi connectivity index (χ0) is 16.9. The second-order valence-corrected chi connectivity index (χ2v) is 6.12. The highest BCUT2D eigenvalue weighted by atomic mass is 15.3. The Morgan fingerprint density at radius 2 is 2.12 bits per heavy atom. The summed E-state index contributed by atoms with van der Waals surface area (Å²) in [6.45, 7) is 4.58. The zero-order valence-electron chi connectivity index (χ0n) is 14.7. The van der Waals surface area contributed by atoms with Gasteiger partial charge in [0.2, 0.25) is 0 Å². The molecule has 0 atom stereocenters. The van der Waals surface area contributed by atoms with Gasteiger partial charge in [-0.1, -0.05) is 18.2 Å². The van der Waals surface area contributed by atoms with E-state index in [1.807, 2.05) is 31.3 Å². The number of hydrogen-bond acceptors (Lipinski definition) is 3. The van der Waals surface area contributed by atoms with Crippen LogP contribution >= 0.6 is 0 Å². The summed E-state index contributed by atoms with van der Waals surface area (Å²) in [6.07, 6.45) is 2.92. The molecule has 1 N–H and O–H groups in total. The minimum Gasteiger partial charge on any atom is -0.363 e. The van der Waals surface area contributed by atoms with E-state index in [4.69, 9.17) is 4.99 Å². The Morgan fingerprint density at radius 1 is 1.29 bits per heavy atom. The molecule has 0 fully saturated rings. The second-order valence-electron chi connectivity index (χ2n) is 6.12. The Hall–Kier alpha value is -2.56. The number of aromatic nitrogens is 1. The molecule has 0 spiro atoms. The summed E-state index contributed by atoms with van der Waals surface area (Å²) in [5, 5.41) is 3.42. The van der Waals surface area contributed by atoms with E-state index in [-0.39, 0.29) is 0 Å². The average Bonchev–Trinajstić information content (AvgIpc) is 3.03. The van der Waals surface area contributed by atoms with Gasteiger partial charge in [0.25, 0.3) is 0 Å². The summed E-state index contributed by atoms with van der Waals surface area (Å²) in [6, 6.07) is 12.7. The first kappa shape index (κ1) is 16.3. The van der Waals surface area contributed by atoms with Gasteiger partial charge in [-0.2, -0.15) is 0 Å². The van der Waals surface area contributed by atoms with Crippen LogP contribution in [0.3, 0.4) is 0 Å². The second kappa shape index (κ2) is 7.34. The summed E-state index contributed by atoms with van der Waals surface area (Å²) in [7, 11) is 4.00. The van der Waals surface area contributed by atoms with Crippen LogP contribution in [0, 0.1) is 0 Å². The highest BCUT2D eigenvalue weighted by Crippen LogP contribution is 2.27. The van der Waals surface area contributed by atoms with Crippen molar-refractivity contribution in [2.45, 2.75) is 19.9 Å². The highest BCUT2D eigenvalue weighted by molar-refractivity contribution is 5.97. The Balaban J connectivity index is 1.81. The lowest BCUT2D eigenvalue weighted by Gasteiger charge is -2.22. The molecule has 0 saturated heterocycles. The highest BCUT2D eigenvalue weighted by Gasteiger charge is 2.22. The quantitative estimate of drug-likeness (QED) is 0.694. The van der Waals surface area contributed by atoms with Gasteiger partial charge in [0, 0.05) is 39.1 Å². The maximum Gasteiger partial charge on any atom is 0.198 e. The van der Waals surface area contributed by atoms with Gasteiger partial charge in [0.15, 0.2) is 5.96 Å². The van der Waals surface area contributed by atoms with Crippen LogP contribution in [-0.4, -0.2) is 38.1 Å². The van der Waals surface area contributed by atoms with E-state index in [1.165, 1.54) is 11.3 Å². The van der Waals surface area contributed by atoms with Gasteiger partial charge in [-0.05, 0) is 42.7 Å². The molecule has 0 radical (unpaired) electrons. The molecule has 0 unspecified atom stereocenters. The fraction of sp³-hybridized carbons (Fsp3) is 0.368. The van der Waals surface area contributed by atoms with E-state index < -0.39 is 0 Å². The van der Waals surface area contributed by atoms with Gasteiger partial charge in [0.1, 0.15) is 5.82 Å². The van der Waals surface area contributed by atoms with Crippen LogP contribution in [0.15, 0.2) is 47.6 Å². The van der Waals surface area contributed by atoms with E-state index in [0.717, 1.165) is 36.9 Å². The predicted octanol–water partition coefficient (Wildman–Crippen LogP) is 2.68. The Morgan fingerprint density at radius 3 is 2.92 bits per heavy atom. The van der Waals surface area contributed by atoms with E-state index in [9.17, 15) is 0 Å². The van der Waals surface area contributed by atoms with Crippen LogP contribution in [0.1, 0.15) is 18.1 Å². The molecule has 24 heavy (non-hydrogen) atoms. The minimum absolute atomic E-state index is 0.643. The molecular weight excluding hydrogens is 298 g/mol. The molecule has 0 saturated carbocycles. The lowest BCUT2D eigenvalue weighted by atomic mass is 10.2. The number of hydrogen-bond donors (Lipinski definition) is 1. The van der Waals surface area contributed by atoms with E-state index in [1.54, 1.807) is 0 Å². The molecule has 5 nitrogen and oxygen atoms in total. The molecule has 5 heteroatoms. The molecule has 2 heterocycles. The third-order valence-electron chi connectivity index (χ3n) is 4.16. The maximum atomic E-state index is 4.85. The Kier molecular flexibility index (Phi) is 4.99. The number of guanidine groups is 1. The first-order valence-corrected chi connectivity index (χ1v) is 8.45. The molecule has 1 aromatic carbocycles. The smallest absolute Gasteiger partial charge is 0.198 e. The Labute approximate surface area is 144 Å². The first-order chi connectivity index (χ1) is 11.7. The third-order valence-corrected chi connectivity index (χ3v) is 4.16. The number of nitrogens with one attached hydrogen (secondary N) is 1. The normalized spacial score (nSPS) is 13.8. The number of fused-ring (bicyclic) bond motifs is 1. The third kappa shape index (κ3) is 3.50. The SMILES string of the molecule is CCNC(=NCc1ccnc(N(C)C)c1)N1CCc2ccccc21. The van der Waals surface area contributed by atoms with Gasteiger partial charge in [-0.3, -0.25) is 0 Å². The van der Waals surface area contributed by atoms with Gasteiger partial charge >= 0.3 is 0 Å². The van der Waals surface area contributed by atoms with E-state index in [2.05, 4.69) is 52.5 Å². The summed E-state index contributed by atoms with van der Waals surface area (Å²) in [4.78, 5) is 13.5. The van der Waals surface area contributed by atoms with E-state index >= 15 is 0 Å². The largest absolute Gasteiger partial charge is 0.363 e. The molecule has 0 bridgehead atoms. The van der Waals surface area contributed by atoms with Crippen molar-refractivity contribution < 1.29 is 0 Å². The number of anilines is 2. The van der Waals surface area contributed by atoms with Crippen molar-refractivity contribution in [2.75, 3.05) is 37.0 Å². The molecule has 2 aromatic rings. The summed E-state index contributed by atoms with van der Waals surface area (Å²) in [5.74, 6) is 1.91. The molecule has 0 aliphatic carbocycles. The fourth-order valence-electron chi connectivity index (χ4n) is 2.92. The van der Waals surface area contributed by atoms with Gasteiger partial charge in [-0.25, -0.2) is 9.98 Å². The van der Waals surface area contributed by atoms with Crippen molar-refractivity contribution in [1.82, 2.24) is 10.3 Å². The minimum atomic E-state index is 0.643.